The highest BCUT2D eigenvalue weighted by molar-refractivity contribution is 5.94. The van der Waals surface area contributed by atoms with Gasteiger partial charge in [0.15, 0.2) is 5.65 Å². The van der Waals surface area contributed by atoms with Gasteiger partial charge in [-0.3, -0.25) is 9.59 Å². The molecular formula is C17H17N5O3. The average Bonchev–Trinajstić information content (AvgIpc) is 2.89. The Hall–Kier alpha value is -3.42. The number of fused-ring (bicyclic) bond motifs is 1. The van der Waals surface area contributed by atoms with Crippen LogP contribution in [-0.2, 0) is 17.9 Å². The molecular weight excluding hydrogens is 322 g/mol. The molecule has 2 heterocycles. The van der Waals surface area contributed by atoms with E-state index in [2.05, 4.69) is 10.4 Å². The normalized spacial score (nSPS) is 10.8. The van der Waals surface area contributed by atoms with E-state index in [1.165, 1.54) is 10.6 Å². The average molecular weight is 339 g/mol. The maximum atomic E-state index is 12.3. The SMILES string of the molecule is Cc1ccc(CNC(=O)c2ccc3nn(CC(N)=O)c(=O)n3c2)cc1. The summed E-state index contributed by atoms with van der Waals surface area (Å²) < 4.78 is 2.18. The molecule has 0 atom stereocenters. The van der Waals surface area contributed by atoms with Gasteiger partial charge in [0.05, 0.1) is 5.56 Å². The zero-order valence-corrected chi connectivity index (χ0v) is 13.6. The van der Waals surface area contributed by atoms with Gasteiger partial charge in [-0.05, 0) is 24.6 Å². The van der Waals surface area contributed by atoms with Gasteiger partial charge in [-0.15, -0.1) is 5.10 Å². The molecule has 0 aliphatic carbocycles. The highest BCUT2D eigenvalue weighted by Gasteiger charge is 2.12. The maximum absolute atomic E-state index is 12.3. The van der Waals surface area contributed by atoms with Crippen molar-refractivity contribution in [1.29, 1.82) is 0 Å². The molecule has 0 aliphatic rings. The zero-order valence-electron chi connectivity index (χ0n) is 13.6. The van der Waals surface area contributed by atoms with Crippen LogP contribution in [0.25, 0.3) is 5.65 Å². The Morgan fingerprint density at radius 1 is 1.16 bits per heavy atom. The van der Waals surface area contributed by atoms with Gasteiger partial charge in [-0.25, -0.2) is 13.9 Å². The monoisotopic (exact) mass is 339 g/mol. The van der Waals surface area contributed by atoms with Crippen molar-refractivity contribution in [2.45, 2.75) is 20.0 Å². The van der Waals surface area contributed by atoms with E-state index in [0.717, 1.165) is 15.8 Å². The van der Waals surface area contributed by atoms with Crippen molar-refractivity contribution in [2.24, 2.45) is 5.73 Å². The fourth-order valence-corrected chi connectivity index (χ4v) is 2.39. The third-order valence-electron chi connectivity index (χ3n) is 3.72. The summed E-state index contributed by atoms with van der Waals surface area (Å²) in [5, 5.41) is 6.79. The van der Waals surface area contributed by atoms with E-state index < -0.39 is 11.6 Å². The van der Waals surface area contributed by atoms with Gasteiger partial charge >= 0.3 is 5.69 Å². The molecule has 0 radical (unpaired) electrons. The first-order valence-corrected chi connectivity index (χ1v) is 7.65. The molecule has 3 N–H and O–H groups in total. The van der Waals surface area contributed by atoms with Crippen LogP contribution in [0.3, 0.4) is 0 Å². The van der Waals surface area contributed by atoms with Crippen molar-refractivity contribution in [3.63, 3.8) is 0 Å². The number of nitrogens with one attached hydrogen (secondary N) is 1. The van der Waals surface area contributed by atoms with Crippen LogP contribution in [0, 0.1) is 6.92 Å². The van der Waals surface area contributed by atoms with Gasteiger partial charge in [0.1, 0.15) is 6.54 Å². The smallest absolute Gasteiger partial charge is 0.350 e. The Balaban J connectivity index is 1.79. The molecule has 0 unspecified atom stereocenters. The van der Waals surface area contributed by atoms with Crippen molar-refractivity contribution >= 4 is 17.5 Å². The van der Waals surface area contributed by atoms with E-state index in [1.54, 1.807) is 12.1 Å². The first kappa shape index (κ1) is 16.4. The number of nitrogens with two attached hydrogens (primary N) is 1. The predicted molar refractivity (Wildman–Crippen MR) is 91.0 cm³/mol. The number of aryl methyl sites for hydroxylation is 1. The molecule has 128 valence electrons. The molecule has 1 aromatic carbocycles. The van der Waals surface area contributed by atoms with E-state index >= 15 is 0 Å². The summed E-state index contributed by atoms with van der Waals surface area (Å²) in [5.74, 6) is -0.974. The van der Waals surface area contributed by atoms with Crippen molar-refractivity contribution in [3.05, 3.63) is 69.8 Å². The minimum Gasteiger partial charge on any atom is -0.368 e. The molecule has 25 heavy (non-hydrogen) atoms. The van der Waals surface area contributed by atoms with Gasteiger partial charge in [0.25, 0.3) is 5.91 Å². The third-order valence-corrected chi connectivity index (χ3v) is 3.72. The number of aromatic nitrogens is 3. The molecule has 0 spiro atoms. The summed E-state index contributed by atoms with van der Waals surface area (Å²) in [6.07, 6.45) is 1.40. The second kappa shape index (κ2) is 6.60. The van der Waals surface area contributed by atoms with E-state index in [4.69, 9.17) is 5.73 Å². The highest BCUT2D eigenvalue weighted by atomic mass is 16.2. The van der Waals surface area contributed by atoms with Crippen LogP contribution in [0.5, 0.6) is 0 Å². The largest absolute Gasteiger partial charge is 0.368 e. The standard InChI is InChI=1S/C17H17N5O3/c1-11-2-4-12(5-3-11)8-19-16(24)13-6-7-15-20-22(10-14(18)23)17(25)21(15)9-13/h2-7,9H,8,10H2,1H3,(H2,18,23)(H,19,24). The quantitative estimate of drug-likeness (QED) is 0.692. The van der Waals surface area contributed by atoms with Crippen LogP contribution < -0.4 is 16.7 Å². The van der Waals surface area contributed by atoms with Crippen LogP contribution in [0.1, 0.15) is 21.5 Å². The minimum atomic E-state index is -0.665. The summed E-state index contributed by atoms with van der Waals surface area (Å²) in [6.45, 7) is 2.07. The summed E-state index contributed by atoms with van der Waals surface area (Å²) in [6, 6.07) is 10.9. The van der Waals surface area contributed by atoms with Crippen LogP contribution in [-0.4, -0.2) is 26.0 Å². The van der Waals surface area contributed by atoms with Gasteiger partial charge in [-0.2, -0.15) is 0 Å². The summed E-state index contributed by atoms with van der Waals surface area (Å²) in [4.78, 5) is 35.4. The van der Waals surface area contributed by atoms with Gasteiger partial charge in [-0.1, -0.05) is 29.8 Å². The Bertz CT molecular complexity index is 1000. The number of hydrogen-bond donors (Lipinski definition) is 2. The number of pyridine rings is 1. The van der Waals surface area contributed by atoms with E-state index in [1.807, 2.05) is 31.2 Å². The van der Waals surface area contributed by atoms with E-state index in [-0.39, 0.29) is 12.5 Å². The second-order valence-electron chi connectivity index (χ2n) is 5.72. The lowest BCUT2D eigenvalue weighted by atomic mass is 10.1. The topological polar surface area (TPSA) is 111 Å². The maximum Gasteiger partial charge on any atom is 0.350 e. The fraction of sp³-hybridized carbons (Fsp3) is 0.176. The molecule has 3 rings (SSSR count). The Morgan fingerprint density at radius 2 is 1.88 bits per heavy atom. The van der Waals surface area contributed by atoms with E-state index in [0.29, 0.717) is 17.8 Å². The van der Waals surface area contributed by atoms with Gasteiger partial charge in [0.2, 0.25) is 5.91 Å². The molecule has 0 aliphatic heterocycles. The van der Waals surface area contributed by atoms with Crippen LogP contribution in [0.4, 0.5) is 0 Å². The lowest BCUT2D eigenvalue weighted by Gasteiger charge is -2.06. The van der Waals surface area contributed by atoms with Gasteiger partial charge in [0, 0.05) is 12.7 Å². The zero-order chi connectivity index (χ0) is 18.0. The molecule has 2 amide bonds. The highest BCUT2D eigenvalue weighted by Crippen LogP contribution is 2.05. The van der Waals surface area contributed by atoms with Crippen LogP contribution >= 0.6 is 0 Å². The molecule has 8 nitrogen and oxygen atoms in total. The Kier molecular flexibility index (Phi) is 4.34. The molecule has 0 saturated heterocycles. The van der Waals surface area contributed by atoms with E-state index in [9.17, 15) is 14.4 Å². The number of amides is 2. The number of carbonyl (C=O) groups excluding carboxylic acids is 2. The Morgan fingerprint density at radius 3 is 2.56 bits per heavy atom. The number of carbonyl (C=O) groups is 2. The molecule has 2 aromatic heterocycles. The summed E-state index contributed by atoms with van der Waals surface area (Å²) in [7, 11) is 0. The van der Waals surface area contributed by atoms with Crippen LogP contribution in [0.2, 0.25) is 0 Å². The lowest BCUT2D eigenvalue weighted by Crippen LogP contribution is -2.29. The number of hydrogen-bond acceptors (Lipinski definition) is 4. The molecule has 8 heteroatoms. The van der Waals surface area contributed by atoms with Crippen molar-refractivity contribution < 1.29 is 9.59 Å². The number of rotatable bonds is 5. The predicted octanol–water partition coefficient (Wildman–Crippen LogP) is 0.220. The minimum absolute atomic E-state index is 0.308. The summed E-state index contributed by atoms with van der Waals surface area (Å²) >= 11 is 0. The Labute approximate surface area is 142 Å². The van der Waals surface area contributed by atoms with Crippen molar-refractivity contribution in [1.82, 2.24) is 19.5 Å². The fourth-order valence-electron chi connectivity index (χ4n) is 2.39. The molecule has 3 aromatic rings. The van der Waals surface area contributed by atoms with Crippen LogP contribution in [0.15, 0.2) is 47.4 Å². The molecule has 0 fully saturated rings. The van der Waals surface area contributed by atoms with Gasteiger partial charge < -0.3 is 11.1 Å². The summed E-state index contributed by atoms with van der Waals surface area (Å²) in [5.41, 5.74) is 7.34. The lowest BCUT2D eigenvalue weighted by molar-refractivity contribution is -0.118. The first-order valence-electron chi connectivity index (χ1n) is 7.65. The molecule has 0 bridgehead atoms. The first-order chi connectivity index (χ1) is 11.9. The van der Waals surface area contributed by atoms with Crippen molar-refractivity contribution in [3.8, 4) is 0 Å². The number of nitrogens with zero attached hydrogens (tertiary/aromatic N) is 3. The van der Waals surface area contributed by atoms with Crippen molar-refractivity contribution in [2.75, 3.05) is 0 Å². The third kappa shape index (κ3) is 3.57. The molecule has 0 saturated carbocycles. The second-order valence-corrected chi connectivity index (χ2v) is 5.72. The number of primary amides is 1. The number of benzene rings is 1.